The smallest absolute Gasteiger partial charge is 0.162 e. The Balaban J connectivity index is 0.000000378. The fourth-order valence-electron chi connectivity index (χ4n) is 5.52. The molecule has 2 aromatic carbocycles. The molecule has 0 unspecified atom stereocenters. The molecule has 45 heavy (non-hydrogen) atoms. The zero-order valence-corrected chi connectivity index (χ0v) is 32.1. The average molecular weight is 803 g/mol. The van der Waals surface area contributed by atoms with Gasteiger partial charge in [0.25, 0.3) is 0 Å². The molecule has 3 nitrogen and oxygen atoms in total. The summed E-state index contributed by atoms with van der Waals surface area (Å²) in [4.78, 5) is 17.8. The molecule has 0 aliphatic carbocycles. The van der Waals surface area contributed by atoms with E-state index in [1.807, 2.05) is 45.2 Å². The molecule has 1 radical (unpaired) electrons. The molecule has 5 heteroatoms. The molecule has 2 heterocycles. The molecule has 0 saturated carbocycles. The molecule has 4 rings (SSSR count). The maximum Gasteiger partial charge on any atom is 0.162 e. The van der Waals surface area contributed by atoms with Crippen LogP contribution in [-0.4, -0.2) is 15.9 Å². The van der Waals surface area contributed by atoms with Crippen molar-refractivity contribution in [3.8, 4) is 21.7 Å². The van der Waals surface area contributed by atoms with Crippen molar-refractivity contribution in [3.63, 3.8) is 0 Å². The number of allylic oxidation sites excluding steroid dienone is 2. The molecule has 0 amide bonds. The molecule has 0 bridgehead atoms. The second-order valence-corrected chi connectivity index (χ2v) is 13.8. The monoisotopic (exact) mass is 803 g/mol. The maximum absolute atomic E-state index is 11.7. The van der Waals surface area contributed by atoms with Gasteiger partial charge < -0.3 is 10.1 Å². The molecular formula is C40H52IrNO2S-. The molecule has 0 spiro atoms. The van der Waals surface area contributed by atoms with Gasteiger partial charge in [-0.3, -0.25) is 4.79 Å². The molecule has 0 saturated heterocycles. The first-order valence-electron chi connectivity index (χ1n) is 16.4. The van der Waals surface area contributed by atoms with Gasteiger partial charge in [0.15, 0.2) is 5.78 Å². The van der Waals surface area contributed by atoms with Crippen LogP contribution in [0.2, 0.25) is 0 Å². The van der Waals surface area contributed by atoms with Gasteiger partial charge in [0.05, 0.1) is 5.76 Å². The first kappa shape index (κ1) is 38.6. The van der Waals surface area contributed by atoms with Gasteiger partial charge in [-0.1, -0.05) is 93.5 Å². The number of ketones is 1. The van der Waals surface area contributed by atoms with Gasteiger partial charge in [0.2, 0.25) is 0 Å². The Morgan fingerprint density at radius 3 is 1.93 bits per heavy atom. The predicted molar refractivity (Wildman–Crippen MR) is 191 cm³/mol. The Morgan fingerprint density at radius 1 is 0.844 bits per heavy atom. The van der Waals surface area contributed by atoms with Crippen LogP contribution in [0, 0.1) is 31.7 Å². The van der Waals surface area contributed by atoms with Crippen molar-refractivity contribution >= 4 is 27.2 Å². The Labute approximate surface area is 290 Å². The number of aliphatic hydroxyl groups is 1. The van der Waals surface area contributed by atoms with Crippen molar-refractivity contribution in [1.29, 1.82) is 0 Å². The third kappa shape index (κ3) is 10.5. The second kappa shape index (κ2) is 17.9. The summed E-state index contributed by atoms with van der Waals surface area (Å²) in [5.41, 5.74) is 8.61. The summed E-state index contributed by atoms with van der Waals surface area (Å²) in [5, 5.41) is 11.0. The largest absolute Gasteiger partial charge is 0.512 e. The van der Waals surface area contributed by atoms with E-state index in [0.29, 0.717) is 11.8 Å². The van der Waals surface area contributed by atoms with Gasteiger partial charge in [0.1, 0.15) is 0 Å². The number of thiophene rings is 1. The minimum Gasteiger partial charge on any atom is -0.512 e. The number of hydrogen-bond donors (Lipinski definition) is 1. The van der Waals surface area contributed by atoms with Gasteiger partial charge >= 0.3 is 0 Å². The van der Waals surface area contributed by atoms with E-state index >= 15 is 0 Å². The third-order valence-corrected chi connectivity index (χ3v) is 9.65. The van der Waals surface area contributed by atoms with Crippen LogP contribution in [0.5, 0.6) is 0 Å². The normalized spacial score (nSPS) is 11.7. The number of rotatable bonds is 11. The fourth-order valence-corrected chi connectivity index (χ4v) is 6.58. The van der Waals surface area contributed by atoms with E-state index in [9.17, 15) is 9.90 Å². The van der Waals surface area contributed by atoms with Crippen LogP contribution in [0.1, 0.15) is 115 Å². The van der Waals surface area contributed by atoms with Crippen molar-refractivity contribution in [2.75, 3.05) is 0 Å². The predicted octanol–water partition coefficient (Wildman–Crippen LogP) is 12.2. The summed E-state index contributed by atoms with van der Waals surface area (Å²) in [5.74, 6) is 1.59. The van der Waals surface area contributed by atoms with Crippen LogP contribution < -0.4 is 0 Å². The summed E-state index contributed by atoms with van der Waals surface area (Å²) in [6.07, 6.45) is 6.91. The van der Waals surface area contributed by atoms with Crippen molar-refractivity contribution in [3.05, 3.63) is 88.8 Å². The number of aromatic nitrogens is 1. The third-order valence-electron chi connectivity index (χ3n) is 8.50. The molecule has 0 aliphatic heterocycles. The first-order valence-corrected chi connectivity index (χ1v) is 17.2. The zero-order valence-electron chi connectivity index (χ0n) is 28.9. The summed E-state index contributed by atoms with van der Waals surface area (Å²) in [6, 6.07) is 19.3. The Morgan fingerprint density at radius 2 is 1.42 bits per heavy atom. The van der Waals surface area contributed by atoms with E-state index in [-0.39, 0.29) is 43.5 Å². The Bertz CT molecular complexity index is 1530. The van der Waals surface area contributed by atoms with Crippen LogP contribution in [-0.2, 0) is 24.9 Å². The number of carbonyl (C=O) groups is 1. The van der Waals surface area contributed by atoms with E-state index in [1.165, 1.54) is 43.3 Å². The fraction of sp³-hybridized carbons (Fsp3) is 0.450. The van der Waals surface area contributed by atoms with E-state index in [0.717, 1.165) is 42.5 Å². The molecule has 0 aliphatic rings. The van der Waals surface area contributed by atoms with Crippen LogP contribution in [0.15, 0.2) is 60.5 Å². The SMILES string of the molecule is CCC(CC)C(=O)/C=C(\O)C(CC)CC.Cc1[c-]c(-c2cc3sc(-c4cc(C(C)C)cc(C(C)C)c4)cc3cn2)cc(C)c1.[Ir]. The van der Waals surface area contributed by atoms with Gasteiger partial charge in [0, 0.05) is 59.2 Å². The number of carbonyl (C=O) groups excluding carboxylic acids is 1. The van der Waals surface area contributed by atoms with Crippen molar-refractivity contribution in [2.45, 2.75) is 107 Å². The van der Waals surface area contributed by atoms with Gasteiger partial charge in [-0.05, 0) is 66.0 Å². The Hall–Kier alpha value is -2.59. The van der Waals surface area contributed by atoms with Gasteiger partial charge in [-0.25, -0.2) is 0 Å². The summed E-state index contributed by atoms with van der Waals surface area (Å²) in [6.45, 7) is 21.4. The topological polar surface area (TPSA) is 50.2 Å². The molecule has 4 aromatic rings. The molecular weight excluding hydrogens is 751 g/mol. The molecule has 245 valence electrons. The van der Waals surface area contributed by atoms with Gasteiger partial charge in [-0.2, -0.15) is 0 Å². The van der Waals surface area contributed by atoms with E-state index in [4.69, 9.17) is 4.98 Å². The molecule has 1 N–H and O–H groups in total. The number of nitrogens with zero attached hydrogens (tertiary/aromatic N) is 1. The minimum absolute atomic E-state index is 0. The van der Waals surface area contributed by atoms with Gasteiger partial charge in [-0.15, -0.1) is 46.2 Å². The first-order chi connectivity index (χ1) is 20.9. The number of aryl methyl sites for hydroxylation is 2. The number of aliphatic hydroxyl groups excluding tert-OH is 1. The molecule has 0 fully saturated rings. The standard InChI is InChI=1S/C27H28NS.C13H24O2.Ir/c1-16(2)20-10-21(17(3)4)12-23(11-20)26-13-24-15-28-25(14-27(24)29-26)22-8-18(5)7-19(6)9-22;1-5-10(6-2)12(14)9-13(15)11(7-3)8-4;/h7-8,10-17H,1-6H3;9-11,14H,5-8H2,1-4H3;/q-1;;/b;12-9-;. The maximum atomic E-state index is 11.7. The summed E-state index contributed by atoms with van der Waals surface area (Å²) >= 11 is 1.85. The van der Waals surface area contributed by atoms with Crippen LogP contribution in [0.3, 0.4) is 0 Å². The Kier molecular flexibility index (Phi) is 15.4. The van der Waals surface area contributed by atoms with Crippen molar-refractivity contribution in [1.82, 2.24) is 4.98 Å². The molecule has 2 aromatic heterocycles. The van der Waals surface area contributed by atoms with Crippen LogP contribution in [0.25, 0.3) is 31.8 Å². The molecule has 0 atom stereocenters. The minimum atomic E-state index is 0. The van der Waals surface area contributed by atoms with E-state index in [2.05, 4.69) is 90.1 Å². The number of benzene rings is 2. The number of pyridine rings is 1. The zero-order chi connectivity index (χ0) is 32.6. The summed E-state index contributed by atoms with van der Waals surface area (Å²) in [7, 11) is 0. The number of hydrogen-bond acceptors (Lipinski definition) is 4. The van der Waals surface area contributed by atoms with Crippen LogP contribution >= 0.6 is 11.3 Å². The quantitative estimate of drug-likeness (QED) is 0.0933. The van der Waals surface area contributed by atoms with E-state index in [1.54, 1.807) is 0 Å². The number of fused-ring (bicyclic) bond motifs is 1. The van der Waals surface area contributed by atoms with Crippen molar-refractivity contribution < 1.29 is 30.0 Å². The van der Waals surface area contributed by atoms with Crippen molar-refractivity contribution in [2.24, 2.45) is 11.8 Å². The summed E-state index contributed by atoms with van der Waals surface area (Å²) < 4.78 is 1.28. The second-order valence-electron chi connectivity index (χ2n) is 12.7. The van der Waals surface area contributed by atoms with E-state index < -0.39 is 0 Å². The average Bonchev–Trinajstić information content (AvgIpc) is 3.42. The van der Waals surface area contributed by atoms with Crippen LogP contribution in [0.4, 0.5) is 0 Å².